The Morgan fingerprint density at radius 2 is 1.50 bits per heavy atom. The molecule has 0 fully saturated rings. The fourth-order valence-electron chi connectivity index (χ4n) is 2.99. The molecular formula is C19H15N5O4. The standard InChI is InChI=1S/C19H15N5O4/c25-16(9-15-20-13-7-3-4-8-14(13)21-15)22-23-17(26)10-24-18(27)11-5-1-2-6-12(11)19(24)28/h1-8H,9-10H2,(H,20,21)(H,22,25)(H,23,26). The highest BCUT2D eigenvalue weighted by Gasteiger charge is 2.36. The highest BCUT2D eigenvalue weighted by atomic mass is 16.2. The maximum atomic E-state index is 12.2. The Labute approximate surface area is 158 Å². The number of fused-ring (bicyclic) bond motifs is 2. The number of nitrogens with one attached hydrogen (secondary N) is 3. The lowest BCUT2D eigenvalue weighted by Crippen LogP contribution is -2.48. The molecule has 0 bridgehead atoms. The van der Waals surface area contributed by atoms with Crippen LogP contribution >= 0.6 is 0 Å². The zero-order chi connectivity index (χ0) is 19.7. The van der Waals surface area contributed by atoms with Gasteiger partial charge in [-0.2, -0.15) is 0 Å². The summed E-state index contributed by atoms with van der Waals surface area (Å²) in [5.41, 5.74) is 6.52. The van der Waals surface area contributed by atoms with E-state index in [1.54, 1.807) is 12.1 Å². The zero-order valence-electron chi connectivity index (χ0n) is 14.6. The number of amides is 4. The van der Waals surface area contributed by atoms with E-state index in [1.807, 2.05) is 24.3 Å². The van der Waals surface area contributed by atoms with Crippen molar-refractivity contribution in [3.05, 3.63) is 65.5 Å². The van der Waals surface area contributed by atoms with E-state index in [9.17, 15) is 19.2 Å². The molecule has 1 aliphatic rings. The van der Waals surface area contributed by atoms with Crippen molar-refractivity contribution in [1.29, 1.82) is 0 Å². The molecule has 140 valence electrons. The van der Waals surface area contributed by atoms with Crippen molar-refractivity contribution in [2.45, 2.75) is 6.42 Å². The predicted molar refractivity (Wildman–Crippen MR) is 97.9 cm³/mol. The third kappa shape index (κ3) is 3.20. The van der Waals surface area contributed by atoms with Gasteiger partial charge in [0.25, 0.3) is 17.7 Å². The van der Waals surface area contributed by atoms with E-state index in [2.05, 4.69) is 20.8 Å². The fourth-order valence-corrected chi connectivity index (χ4v) is 2.99. The molecule has 3 aromatic rings. The molecule has 0 saturated heterocycles. The number of hydrogen-bond donors (Lipinski definition) is 3. The average molecular weight is 377 g/mol. The minimum atomic E-state index is -0.688. The first-order valence-electron chi connectivity index (χ1n) is 8.49. The zero-order valence-corrected chi connectivity index (χ0v) is 14.6. The molecule has 4 rings (SSSR count). The maximum absolute atomic E-state index is 12.2. The van der Waals surface area contributed by atoms with Gasteiger partial charge in [-0.1, -0.05) is 24.3 Å². The molecule has 2 heterocycles. The number of carbonyl (C=O) groups excluding carboxylic acids is 4. The van der Waals surface area contributed by atoms with Crippen LogP contribution in [0.1, 0.15) is 26.5 Å². The molecule has 0 radical (unpaired) electrons. The normalized spacial score (nSPS) is 12.9. The largest absolute Gasteiger partial charge is 0.342 e. The van der Waals surface area contributed by atoms with Crippen LogP contribution in [0.5, 0.6) is 0 Å². The Hall–Kier alpha value is -4.01. The van der Waals surface area contributed by atoms with Gasteiger partial charge in [-0.3, -0.25) is 34.9 Å². The quantitative estimate of drug-likeness (QED) is 0.452. The van der Waals surface area contributed by atoms with Crippen molar-refractivity contribution in [3.8, 4) is 0 Å². The molecule has 9 heteroatoms. The Balaban J connectivity index is 1.31. The second kappa shape index (κ2) is 6.95. The van der Waals surface area contributed by atoms with Crippen molar-refractivity contribution < 1.29 is 19.2 Å². The van der Waals surface area contributed by atoms with Gasteiger partial charge in [0.2, 0.25) is 5.91 Å². The molecule has 0 unspecified atom stereocenters. The summed E-state index contributed by atoms with van der Waals surface area (Å²) in [6, 6.07) is 13.7. The number of hydrazine groups is 1. The summed E-state index contributed by atoms with van der Waals surface area (Å²) in [4.78, 5) is 56.6. The van der Waals surface area contributed by atoms with Crippen molar-refractivity contribution in [1.82, 2.24) is 25.7 Å². The molecule has 1 aromatic heterocycles. The lowest BCUT2D eigenvalue weighted by Gasteiger charge is -2.13. The van der Waals surface area contributed by atoms with E-state index in [1.165, 1.54) is 12.1 Å². The fraction of sp³-hybridized carbons (Fsp3) is 0.105. The van der Waals surface area contributed by atoms with Crippen LogP contribution in [0.4, 0.5) is 0 Å². The molecule has 0 aliphatic carbocycles. The second-order valence-electron chi connectivity index (χ2n) is 6.22. The van der Waals surface area contributed by atoms with Crippen LogP contribution in [0.2, 0.25) is 0 Å². The van der Waals surface area contributed by atoms with Gasteiger partial charge >= 0.3 is 0 Å². The van der Waals surface area contributed by atoms with Crippen LogP contribution < -0.4 is 10.9 Å². The van der Waals surface area contributed by atoms with Crippen LogP contribution in [-0.2, 0) is 16.0 Å². The highest BCUT2D eigenvalue weighted by molar-refractivity contribution is 6.22. The number of aromatic nitrogens is 2. The third-order valence-corrected chi connectivity index (χ3v) is 4.29. The first-order valence-corrected chi connectivity index (χ1v) is 8.49. The van der Waals surface area contributed by atoms with Gasteiger partial charge in [-0.05, 0) is 24.3 Å². The van der Waals surface area contributed by atoms with Gasteiger partial charge in [0, 0.05) is 0 Å². The van der Waals surface area contributed by atoms with E-state index in [0.29, 0.717) is 5.82 Å². The summed E-state index contributed by atoms with van der Waals surface area (Å²) in [6.45, 7) is -0.489. The Bertz CT molecular complexity index is 1050. The average Bonchev–Trinajstić information content (AvgIpc) is 3.21. The van der Waals surface area contributed by atoms with E-state index in [4.69, 9.17) is 0 Å². The summed E-state index contributed by atoms with van der Waals surface area (Å²) in [7, 11) is 0. The minimum absolute atomic E-state index is 0.0675. The van der Waals surface area contributed by atoms with E-state index in [-0.39, 0.29) is 17.5 Å². The molecule has 0 spiro atoms. The third-order valence-electron chi connectivity index (χ3n) is 4.29. The maximum Gasteiger partial charge on any atom is 0.262 e. The van der Waals surface area contributed by atoms with Crippen molar-refractivity contribution in [2.24, 2.45) is 0 Å². The second-order valence-corrected chi connectivity index (χ2v) is 6.22. The first-order chi connectivity index (χ1) is 13.5. The topological polar surface area (TPSA) is 124 Å². The van der Waals surface area contributed by atoms with Crippen LogP contribution in [0.15, 0.2) is 48.5 Å². The van der Waals surface area contributed by atoms with E-state index >= 15 is 0 Å². The molecule has 28 heavy (non-hydrogen) atoms. The smallest absolute Gasteiger partial charge is 0.262 e. The molecule has 0 saturated carbocycles. The number of imidazole rings is 1. The van der Waals surface area contributed by atoms with Gasteiger partial charge in [-0.25, -0.2) is 4.98 Å². The number of nitrogens with zero attached hydrogens (tertiary/aromatic N) is 2. The van der Waals surface area contributed by atoms with Gasteiger partial charge in [0.05, 0.1) is 28.6 Å². The Morgan fingerprint density at radius 1 is 0.893 bits per heavy atom. The molecule has 2 aromatic carbocycles. The predicted octanol–water partition coefficient (Wildman–Crippen LogP) is 0.549. The van der Waals surface area contributed by atoms with Crippen LogP contribution in [-0.4, -0.2) is 45.0 Å². The molecule has 1 aliphatic heterocycles. The lowest BCUT2D eigenvalue weighted by atomic mass is 10.1. The number of imide groups is 1. The van der Waals surface area contributed by atoms with Crippen molar-refractivity contribution >= 4 is 34.7 Å². The molecule has 0 atom stereocenters. The first kappa shape index (κ1) is 17.4. The molecular weight excluding hydrogens is 362 g/mol. The summed E-state index contributed by atoms with van der Waals surface area (Å²) in [5.74, 6) is -1.80. The highest BCUT2D eigenvalue weighted by Crippen LogP contribution is 2.21. The monoisotopic (exact) mass is 377 g/mol. The number of carbonyl (C=O) groups is 4. The van der Waals surface area contributed by atoms with Gasteiger partial charge in [0.15, 0.2) is 0 Å². The van der Waals surface area contributed by atoms with Crippen LogP contribution in [0, 0.1) is 0 Å². The number of para-hydroxylation sites is 2. The van der Waals surface area contributed by atoms with E-state index < -0.39 is 30.2 Å². The van der Waals surface area contributed by atoms with Crippen LogP contribution in [0.3, 0.4) is 0 Å². The minimum Gasteiger partial charge on any atom is -0.342 e. The number of benzene rings is 2. The van der Waals surface area contributed by atoms with Crippen molar-refractivity contribution in [2.75, 3.05) is 6.54 Å². The Morgan fingerprint density at radius 3 is 2.18 bits per heavy atom. The summed E-state index contributed by atoms with van der Waals surface area (Å²) >= 11 is 0. The summed E-state index contributed by atoms with van der Waals surface area (Å²) in [6.07, 6.45) is -0.0675. The summed E-state index contributed by atoms with van der Waals surface area (Å²) in [5, 5.41) is 0. The lowest BCUT2D eigenvalue weighted by molar-refractivity contribution is -0.128. The Kier molecular flexibility index (Phi) is 4.32. The van der Waals surface area contributed by atoms with Gasteiger partial charge < -0.3 is 4.98 Å². The number of aromatic amines is 1. The van der Waals surface area contributed by atoms with E-state index in [0.717, 1.165) is 15.9 Å². The van der Waals surface area contributed by atoms with Crippen LogP contribution in [0.25, 0.3) is 11.0 Å². The van der Waals surface area contributed by atoms with Gasteiger partial charge in [0.1, 0.15) is 12.4 Å². The molecule has 4 amide bonds. The van der Waals surface area contributed by atoms with Gasteiger partial charge in [-0.15, -0.1) is 0 Å². The number of H-pyrrole nitrogens is 1. The molecule has 3 N–H and O–H groups in total. The molecule has 9 nitrogen and oxygen atoms in total. The SMILES string of the molecule is O=C(Cc1nc2ccccc2[nH]1)NNC(=O)CN1C(=O)c2ccccc2C1=O. The number of hydrogen-bond acceptors (Lipinski definition) is 5. The number of rotatable bonds is 4. The summed E-state index contributed by atoms with van der Waals surface area (Å²) < 4.78 is 0. The van der Waals surface area contributed by atoms with Crippen molar-refractivity contribution in [3.63, 3.8) is 0 Å².